The van der Waals surface area contributed by atoms with Crippen LogP contribution in [0.15, 0.2) is 72.8 Å². The first-order chi connectivity index (χ1) is 9.86. The van der Waals surface area contributed by atoms with Crippen molar-refractivity contribution in [1.82, 2.24) is 0 Å². The molecule has 0 heterocycles. The Hall–Kier alpha value is -0.861. The molecule has 3 rings (SSSR count). The summed E-state index contributed by atoms with van der Waals surface area (Å²) in [6.45, 7) is 0. The van der Waals surface area contributed by atoms with Crippen molar-refractivity contribution in [1.29, 1.82) is 0 Å². The Balaban J connectivity index is 0.000000313. The van der Waals surface area contributed by atoms with Crippen molar-refractivity contribution in [2.75, 3.05) is 0 Å². The maximum Gasteiger partial charge on any atom is 2.00 e. The van der Waals surface area contributed by atoms with Gasteiger partial charge in [-0.15, -0.1) is 11.8 Å². The fourth-order valence-corrected chi connectivity index (χ4v) is 2.74. The van der Waals surface area contributed by atoms with E-state index in [0.29, 0.717) is 0 Å². The van der Waals surface area contributed by atoms with E-state index in [1.165, 1.54) is 5.56 Å². The summed E-state index contributed by atoms with van der Waals surface area (Å²) in [7, 11) is 0. The van der Waals surface area contributed by atoms with Gasteiger partial charge in [-0.2, -0.15) is 18.2 Å². The van der Waals surface area contributed by atoms with Crippen LogP contribution in [0.4, 0.5) is 0 Å². The molecule has 2 radical (unpaired) electrons. The van der Waals surface area contributed by atoms with Gasteiger partial charge in [0.2, 0.25) is 0 Å². The van der Waals surface area contributed by atoms with Crippen LogP contribution in [0.25, 0.3) is 0 Å². The third-order valence-corrected chi connectivity index (χ3v) is 4.23. The van der Waals surface area contributed by atoms with Gasteiger partial charge >= 0.3 is 17.1 Å². The summed E-state index contributed by atoms with van der Waals surface area (Å²) in [5, 5.41) is 0. The minimum atomic E-state index is 0. The van der Waals surface area contributed by atoms with Crippen LogP contribution in [-0.2, 0) is 22.8 Å². The van der Waals surface area contributed by atoms with Gasteiger partial charge in [0.15, 0.2) is 0 Å². The number of hydrogen-bond donors (Lipinski definition) is 0. The zero-order valence-electron chi connectivity index (χ0n) is 11.5. The summed E-state index contributed by atoms with van der Waals surface area (Å²) >= 11 is 7.06. The summed E-state index contributed by atoms with van der Waals surface area (Å²) in [5.74, 6) is 2.11. The maximum absolute atomic E-state index is 5.34. The molecule has 0 bridgehead atoms. The van der Waals surface area contributed by atoms with Crippen LogP contribution in [0.2, 0.25) is 0 Å². The molecule has 3 heteroatoms. The van der Waals surface area contributed by atoms with E-state index in [1.54, 1.807) is 11.8 Å². The molecule has 1 aliphatic rings. The Morgan fingerprint density at radius 2 is 1.76 bits per heavy atom. The van der Waals surface area contributed by atoms with Crippen LogP contribution < -0.4 is 0 Å². The fraction of sp³-hybridized carbons (Fsp3) is 0.0556. The van der Waals surface area contributed by atoms with Crippen molar-refractivity contribution in [3.8, 4) is 0 Å². The third-order valence-electron chi connectivity index (χ3n) is 2.67. The predicted octanol–water partition coefficient (Wildman–Crippen LogP) is 5.20. The van der Waals surface area contributed by atoms with Gasteiger partial charge in [-0.3, -0.25) is 0 Å². The van der Waals surface area contributed by atoms with Gasteiger partial charge in [0.1, 0.15) is 0 Å². The zero-order valence-corrected chi connectivity index (χ0v) is 14.2. The molecule has 0 aliphatic heterocycles. The first kappa shape index (κ1) is 18.2. The molecule has 21 heavy (non-hydrogen) atoms. The van der Waals surface area contributed by atoms with E-state index in [0.717, 1.165) is 15.9 Å². The van der Waals surface area contributed by atoms with Gasteiger partial charge in [-0.25, -0.2) is 30.7 Å². The largest absolute Gasteiger partial charge is 2.00 e. The summed E-state index contributed by atoms with van der Waals surface area (Å²) in [6, 6.07) is 20.4. The quantitative estimate of drug-likeness (QED) is 0.423. The summed E-state index contributed by atoms with van der Waals surface area (Å²) < 4.78 is 0.976. The van der Waals surface area contributed by atoms with Crippen molar-refractivity contribution in [2.45, 2.75) is 5.75 Å². The number of hydrogen-bond acceptors (Lipinski definition) is 2. The average Bonchev–Trinajstić information content (AvgIpc) is 3.20. The Labute approximate surface area is 147 Å². The second kappa shape index (κ2) is 10.8. The number of thioether (sulfide) groups is 1. The van der Waals surface area contributed by atoms with Gasteiger partial charge in [-0.1, -0.05) is 49.0 Å². The first-order valence-corrected chi connectivity index (χ1v) is 7.85. The molecule has 0 saturated heterocycles. The van der Waals surface area contributed by atoms with Crippen molar-refractivity contribution in [3.05, 3.63) is 97.1 Å². The molecule has 0 spiro atoms. The van der Waals surface area contributed by atoms with E-state index >= 15 is 0 Å². The smallest absolute Gasteiger partial charge is 0.231 e. The van der Waals surface area contributed by atoms with Crippen LogP contribution in [0.3, 0.4) is 0 Å². The molecule has 108 valence electrons. The minimum absolute atomic E-state index is 0. The molecule has 0 aromatic heterocycles. The number of rotatable bonds is 3. The monoisotopic (exact) mass is 352 g/mol. The maximum atomic E-state index is 5.34. The SMILES string of the molecule is S=C(SCc1ccccc1)[C]1[CH]C=C[CH-]1.[Fe+2].c1cc[cH-]c1. The number of thiocarbonyl (C=S) groups is 1. The van der Waals surface area contributed by atoms with Crippen LogP contribution >= 0.6 is 24.0 Å². The van der Waals surface area contributed by atoms with Crippen molar-refractivity contribution >= 4 is 28.2 Å². The van der Waals surface area contributed by atoms with Crippen LogP contribution in [-0.4, -0.2) is 4.20 Å². The van der Waals surface area contributed by atoms with Crippen molar-refractivity contribution in [3.63, 3.8) is 0 Å². The average molecular weight is 352 g/mol. The number of allylic oxidation sites excluding steroid dienone is 2. The molecule has 0 nitrogen and oxygen atoms in total. The Morgan fingerprint density at radius 1 is 1.05 bits per heavy atom. The van der Waals surface area contributed by atoms with E-state index in [-0.39, 0.29) is 17.1 Å². The van der Waals surface area contributed by atoms with Gasteiger partial charge in [0, 0.05) is 9.95 Å². The molecule has 0 saturated carbocycles. The van der Waals surface area contributed by atoms with Crippen molar-refractivity contribution in [2.24, 2.45) is 0 Å². The standard InChI is InChI=1S/C13H11S2.C5H5.Fe/c14-13(12-8-4-5-9-12)15-10-11-6-2-1-3-7-11;1-2-4-5-3-1;/h1-9H,10H2;1-5H;/q2*-1;+2. The van der Waals surface area contributed by atoms with Crippen LogP contribution in [0, 0.1) is 18.8 Å². The molecular formula is C18H16FeS2. The summed E-state index contributed by atoms with van der Waals surface area (Å²) in [6.07, 6.45) is 8.15. The normalized spacial score (nSPS) is 12.8. The van der Waals surface area contributed by atoms with E-state index < -0.39 is 0 Å². The van der Waals surface area contributed by atoms with Crippen molar-refractivity contribution < 1.29 is 17.1 Å². The minimum Gasteiger partial charge on any atom is -0.231 e. The molecule has 0 fully saturated rings. The summed E-state index contributed by atoms with van der Waals surface area (Å²) in [5.41, 5.74) is 1.32. The summed E-state index contributed by atoms with van der Waals surface area (Å²) in [4.78, 5) is 0. The van der Waals surface area contributed by atoms with Gasteiger partial charge in [0.05, 0.1) is 0 Å². The van der Waals surface area contributed by atoms with E-state index in [2.05, 4.69) is 37.1 Å². The predicted molar refractivity (Wildman–Crippen MR) is 93.4 cm³/mol. The van der Waals surface area contributed by atoms with Gasteiger partial charge in [0.25, 0.3) is 0 Å². The molecule has 0 atom stereocenters. The number of benzene rings is 1. The van der Waals surface area contributed by atoms with E-state index in [1.807, 2.05) is 48.6 Å². The van der Waals surface area contributed by atoms with Crippen LogP contribution in [0.5, 0.6) is 0 Å². The first-order valence-electron chi connectivity index (χ1n) is 6.46. The third kappa shape index (κ3) is 7.10. The Morgan fingerprint density at radius 3 is 2.29 bits per heavy atom. The molecule has 2 aromatic carbocycles. The van der Waals surface area contributed by atoms with Crippen LogP contribution in [0.1, 0.15) is 5.56 Å². The Kier molecular flexibility index (Phi) is 9.36. The molecule has 0 unspecified atom stereocenters. The molecule has 2 aromatic rings. The Bertz CT molecular complexity index is 492. The second-order valence-corrected chi connectivity index (χ2v) is 5.85. The molecule has 0 N–H and O–H groups in total. The second-order valence-electron chi connectivity index (χ2n) is 4.20. The van der Waals surface area contributed by atoms with E-state index in [9.17, 15) is 0 Å². The van der Waals surface area contributed by atoms with Gasteiger partial charge in [-0.05, 0) is 11.5 Å². The molecule has 1 aliphatic carbocycles. The fourth-order valence-electron chi connectivity index (χ4n) is 1.64. The molecule has 0 amide bonds. The van der Waals surface area contributed by atoms with E-state index in [4.69, 9.17) is 12.2 Å². The molecular weight excluding hydrogens is 336 g/mol. The van der Waals surface area contributed by atoms with Gasteiger partial charge < -0.3 is 0 Å². The topological polar surface area (TPSA) is 0 Å². The zero-order chi connectivity index (χ0) is 14.0.